The van der Waals surface area contributed by atoms with E-state index in [1.165, 1.54) is 6.08 Å². The van der Waals surface area contributed by atoms with Crippen LogP contribution < -0.4 is 0 Å². The molecule has 0 bridgehead atoms. The van der Waals surface area contributed by atoms with Gasteiger partial charge in [0.05, 0.1) is 19.8 Å². The van der Waals surface area contributed by atoms with Gasteiger partial charge in [-0.3, -0.25) is 9.59 Å². The number of hydrogen-bond acceptors (Lipinski definition) is 5. The number of nitrogens with one attached hydrogen (secondary N) is 1. The summed E-state index contributed by atoms with van der Waals surface area (Å²) in [5, 5.41) is 9.96. The lowest BCUT2D eigenvalue weighted by atomic mass is 9.78. The Morgan fingerprint density at radius 3 is 2.38 bits per heavy atom. The van der Waals surface area contributed by atoms with Crippen LogP contribution in [0.3, 0.4) is 0 Å². The molecule has 140 valence electrons. The lowest BCUT2D eigenvalue weighted by Gasteiger charge is -2.28. The first kappa shape index (κ1) is 19.7. The van der Waals surface area contributed by atoms with Crippen LogP contribution in [-0.2, 0) is 25.5 Å². The summed E-state index contributed by atoms with van der Waals surface area (Å²) < 4.78 is 10.4. The molecule has 0 aliphatic rings. The number of aromatic amines is 1. The number of carbonyl (C=O) groups is 2. The highest BCUT2D eigenvalue weighted by molar-refractivity contribution is 6.01. The molecule has 26 heavy (non-hydrogen) atoms. The Bertz CT molecular complexity index is 759. The number of benzene rings is 1. The number of aliphatic hydroxyl groups is 1. The normalized spacial score (nSPS) is 11.8. The summed E-state index contributed by atoms with van der Waals surface area (Å²) in [6.45, 7) is 3.55. The summed E-state index contributed by atoms with van der Waals surface area (Å²) in [6, 6.07) is 7.69. The second kappa shape index (κ2) is 9.20. The molecule has 0 saturated heterocycles. The Morgan fingerprint density at radius 2 is 1.77 bits per heavy atom. The number of para-hydroxylation sites is 1. The van der Waals surface area contributed by atoms with Crippen molar-refractivity contribution in [2.45, 2.75) is 26.7 Å². The zero-order valence-electron chi connectivity index (χ0n) is 15.2. The number of aromatic nitrogens is 1. The van der Waals surface area contributed by atoms with Gasteiger partial charge in [0.2, 0.25) is 0 Å². The third-order valence-corrected chi connectivity index (χ3v) is 4.24. The minimum Gasteiger partial charge on any atom is -0.465 e. The molecule has 1 aromatic heterocycles. The van der Waals surface area contributed by atoms with Crippen LogP contribution in [0.15, 0.2) is 42.6 Å². The molecule has 6 nitrogen and oxygen atoms in total. The highest BCUT2D eigenvalue weighted by Gasteiger charge is 2.48. The lowest BCUT2D eigenvalue weighted by Crippen LogP contribution is -2.43. The number of carbonyl (C=O) groups excluding carboxylic acids is 2. The van der Waals surface area contributed by atoms with Crippen LogP contribution in [0.4, 0.5) is 0 Å². The summed E-state index contributed by atoms with van der Waals surface area (Å²) >= 11 is 0. The van der Waals surface area contributed by atoms with Crippen molar-refractivity contribution in [2.75, 3.05) is 19.8 Å². The van der Waals surface area contributed by atoms with Gasteiger partial charge in [-0.1, -0.05) is 30.4 Å². The second-order valence-electron chi connectivity index (χ2n) is 5.92. The first-order chi connectivity index (χ1) is 12.6. The van der Waals surface area contributed by atoms with Crippen molar-refractivity contribution in [3.8, 4) is 0 Å². The molecule has 0 amide bonds. The van der Waals surface area contributed by atoms with Gasteiger partial charge in [0.25, 0.3) is 0 Å². The number of allylic oxidation sites excluding steroid dienone is 1. The van der Waals surface area contributed by atoms with Gasteiger partial charge in [0.15, 0.2) is 5.41 Å². The predicted molar refractivity (Wildman–Crippen MR) is 98.5 cm³/mol. The summed E-state index contributed by atoms with van der Waals surface area (Å²) in [7, 11) is 0. The predicted octanol–water partition coefficient (Wildman–Crippen LogP) is 2.76. The van der Waals surface area contributed by atoms with E-state index >= 15 is 0 Å². The van der Waals surface area contributed by atoms with Crippen LogP contribution in [0.25, 0.3) is 10.9 Å². The molecule has 2 rings (SSSR count). The monoisotopic (exact) mass is 359 g/mol. The summed E-state index contributed by atoms with van der Waals surface area (Å²) in [4.78, 5) is 28.8. The third-order valence-electron chi connectivity index (χ3n) is 4.24. The van der Waals surface area contributed by atoms with Crippen LogP contribution in [0, 0.1) is 5.41 Å². The Morgan fingerprint density at radius 1 is 1.12 bits per heavy atom. The zero-order chi connectivity index (χ0) is 19.0. The number of esters is 2. The van der Waals surface area contributed by atoms with E-state index in [0.29, 0.717) is 0 Å². The molecule has 2 N–H and O–H groups in total. The molecule has 0 atom stereocenters. The average Bonchev–Trinajstić information content (AvgIpc) is 3.04. The number of rotatable bonds is 9. The fourth-order valence-corrected chi connectivity index (χ4v) is 2.97. The zero-order valence-corrected chi connectivity index (χ0v) is 15.2. The fourth-order valence-electron chi connectivity index (χ4n) is 2.97. The number of fused-ring (bicyclic) bond motifs is 1. The van der Waals surface area contributed by atoms with Crippen molar-refractivity contribution in [1.82, 2.24) is 4.98 Å². The van der Waals surface area contributed by atoms with Crippen molar-refractivity contribution < 1.29 is 24.2 Å². The Labute approximate surface area is 152 Å². The van der Waals surface area contributed by atoms with E-state index in [9.17, 15) is 9.59 Å². The van der Waals surface area contributed by atoms with E-state index in [4.69, 9.17) is 14.6 Å². The number of hydrogen-bond donors (Lipinski definition) is 2. The molecule has 6 heteroatoms. The van der Waals surface area contributed by atoms with E-state index in [2.05, 4.69) is 4.98 Å². The van der Waals surface area contributed by atoms with Gasteiger partial charge < -0.3 is 19.6 Å². The van der Waals surface area contributed by atoms with Gasteiger partial charge in [-0.15, -0.1) is 0 Å². The quantitative estimate of drug-likeness (QED) is 0.408. The fraction of sp³-hybridized carbons (Fsp3) is 0.400. The molecule has 0 spiro atoms. The summed E-state index contributed by atoms with van der Waals surface area (Å²) in [5.41, 5.74) is 0.261. The van der Waals surface area contributed by atoms with Gasteiger partial charge in [-0.25, -0.2) is 0 Å². The summed E-state index contributed by atoms with van der Waals surface area (Å²) in [6.07, 6.45) is 5.15. The minimum absolute atomic E-state index is 0.0880. The molecule has 0 fully saturated rings. The van der Waals surface area contributed by atoms with Gasteiger partial charge in [0, 0.05) is 23.5 Å². The minimum atomic E-state index is -1.50. The standard InChI is InChI=1S/C20H25NO5/c1-3-25-18(23)20(11-7-8-12-22,19(24)26-4-2)13-15-14-21-17-10-6-5-9-16(15)17/h5-10,14,21-22H,3-4,11-13H2,1-2H3/b8-7-. The van der Waals surface area contributed by atoms with Crippen molar-refractivity contribution in [2.24, 2.45) is 5.41 Å². The Hall–Kier alpha value is -2.60. The molecular formula is C20H25NO5. The SMILES string of the molecule is CCOC(=O)C(C/C=C\CO)(Cc1c[nH]c2ccccc12)C(=O)OCC. The first-order valence-electron chi connectivity index (χ1n) is 8.74. The van der Waals surface area contributed by atoms with Crippen LogP contribution in [0.2, 0.25) is 0 Å². The second-order valence-corrected chi connectivity index (χ2v) is 5.92. The van der Waals surface area contributed by atoms with Crippen molar-refractivity contribution in [3.63, 3.8) is 0 Å². The topological polar surface area (TPSA) is 88.6 Å². The Balaban J connectivity index is 2.49. The lowest BCUT2D eigenvalue weighted by molar-refractivity contribution is -0.171. The van der Waals surface area contributed by atoms with Gasteiger partial charge >= 0.3 is 11.9 Å². The van der Waals surface area contributed by atoms with Crippen molar-refractivity contribution >= 4 is 22.8 Å². The maximum Gasteiger partial charge on any atom is 0.324 e. The molecule has 0 unspecified atom stereocenters. The molecule has 2 aromatic rings. The number of ether oxygens (including phenoxy) is 2. The highest BCUT2D eigenvalue weighted by atomic mass is 16.6. The van der Waals surface area contributed by atoms with Crippen LogP contribution >= 0.6 is 0 Å². The van der Waals surface area contributed by atoms with E-state index in [1.807, 2.05) is 24.3 Å². The number of aliphatic hydroxyl groups excluding tert-OH is 1. The van der Waals surface area contributed by atoms with Gasteiger partial charge in [-0.2, -0.15) is 0 Å². The largest absolute Gasteiger partial charge is 0.465 e. The smallest absolute Gasteiger partial charge is 0.324 e. The molecule has 0 aliphatic heterocycles. The Kier molecular flexibility index (Phi) is 6.97. The first-order valence-corrected chi connectivity index (χ1v) is 8.74. The summed E-state index contributed by atoms with van der Waals surface area (Å²) in [5.74, 6) is -1.24. The van der Waals surface area contributed by atoms with Gasteiger partial charge in [0.1, 0.15) is 0 Å². The van der Waals surface area contributed by atoms with Crippen molar-refractivity contribution in [3.05, 3.63) is 48.2 Å². The van der Waals surface area contributed by atoms with E-state index in [0.717, 1.165) is 16.5 Å². The molecule has 1 heterocycles. The van der Waals surface area contributed by atoms with Crippen LogP contribution in [0.5, 0.6) is 0 Å². The van der Waals surface area contributed by atoms with Crippen LogP contribution in [0.1, 0.15) is 25.8 Å². The molecular weight excluding hydrogens is 334 g/mol. The molecule has 0 radical (unpaired) electrons. The van der Waals surface area contributed by atoms with E-state index < -0.39 is 17.4 Å². The molecule has 0 aliphatic carbocycles. The van der Waals surface area contributed by atoms with Crippen LogP contribution in [-0.4, -0.2) is 41.8 Å². The van der Waals surface area contributed by atoms with E-state index in [-0.39, 0.29) is 32.7 Å². The van der Waals surface area contributed by atoms with Gasteiger partial charge in [-0.05, 0) is 31.9 Å². The molecule has 1 aromatic carbocycles. The highest BCUT2D eigenvalue weighted by Crippen LogP contribution is 2.34. The number of H-pyrrole nitrogens is 1. The average molecular weight is 359 g/mol. The maximum absolute atomic E-state index is 12.8. The maximum atomic E-state index is 12.8. The van der Waals surface area contributed by atoms with Crippen molar-refractivity contribution in [1.29, 1.82) is 0 Å². The van der Waals surface area contributed by atoms with E-state index in [1.54, 1.807) is 26.1 Å². The third kappa shape index (κ3) is 4.14. The molecule has 0 saturated carbocycles.